The number of pyridine rings is 1. The Bertz CT molecular complexity index is 943. The van der Waals surface area contributed by atoms with E-state index < -0.39 is 6.03 Å². The van der Waals surface area contributed by atoms with Crippen molar-refractivity contribution in [3.63, 3.8) is 0 Å². The lowest BCUT2D eigenvalue weighted by Crippen LogP contribution is -2.42. The van der Waals surface area contributed by atoms with Crippen LogP contribution >= 0.6 is 0 Å². The van der Waals surface area contributed by atoms with Crippen molar-refractivity contribution in [2.45, 2.75) is 18.9 Å². The molecular formula is C17H17N5O3. The molecule has 0 saturated heterocycles. The molecule has 8 nitrogen and oxygen atoms in total. The SMILES string of the molecule is NC(=O)N1Cc2[nH]n(-c3ccccn3)c(=O)c2C(Cc2ccco2)C1. The van der Waals surface area contributed by atoms with E-state index in [4.69, 9.17) is 10.2 Å². The molecule has 0 radical (unpaired) electrons. The number of aromatic nitrogens is 3. The predicted octanol–water partition coefficient (Wildman–Crippen LogP) is 1.37. The lowest BCUT2D eigenvalue weighted by atomic mass is 9.91. The first kappa shape index (κ1) is 15.3. The summed E-state index contributed by atoms with van der Waals surface area (Å²) in [5, 5.41) is 3.07. The minimum Gasteiger partial charge on any atom is -0.469 e. The standard InChI is InChI=1S/C17H17N5O3/c18-17(24)21-9-11(8-12-4-3-7-25-12)15-13(10-21)20-22(16(15)23)14-5-1-2-6-19-14/h1-7,11,20H,8-10H2,(H2,18,24). The zero-order valence-electron chi connectivity index (χ0n) is 13.4. The van der Waals surface area contributed by atoms with Gasteiger partial charge in [0, 0.05) is 30.6 Å². The molecule has 0 aromatic carbocycles. The number of fused-ring (bicyclic) bond motifs is 1. The normalized spacial score (nSPS) is 16.6. The predicted molar refractivity (Wildman–Crippen MR) is 89.3 cm³/mol. The van der Waals surface area contributed by atoms with Crippen molar-refractivity contribution in [1.82, 2.24) is 19.7 Å². The second-order valence-electron chi connectivity index (χ2n) is 6.03. The zero-order valence-corrected chi connectivity index (χ0v) is 13.4. The van der Waals surface area contributed by atoms with Crippen LogP contribution in [0.1, 0.15) is 22.9 Å². The van der Waals surface area contributed by atoms with E-state index in [9.17, 15) is 9.59 Å². The number of nitrogens with one attached hydrogen (secondary N) is 1. The Labute approximate surface area is 142 Å². The van der Waals surface area contributed by atoms with E-state index in [0.29, 0.717) is 30.0 Å². The van der Waals surface area contributed by atoms with E-state index in [1.165, 1.54) is 9.58 Å². The summed E-state index contributed by atoms with van der Waals surface area (Å²) in [4.78, 5) is 30.4. The van der Waals surface area contributed by atoms with E-state index in [0.717, 1.165) is 5.76 Å². The van der Waals surface area contributed by atoms with Crippen LogP contribution in [0.15, 0.2) is 52.0 Å². The van der Waals surface area contributed by atoms with Gasteiger partial charge in [-0.05, 0) is 24.3 Å². The Morgan fingerprint density at radius 3 is 2.92 bits per heavy atom. The average molecular weight is 339 g/mol. The van der Waals surface area contributed by atoms with Crippen molar-refractivity contribution in [1.29, 1.82) is 0 Å². The van der Waals surface area contributed by atoms with Crippen LogP contribution in [-0.4, -0.2) is 32.2 Å². The maximum Gasteiger partial charge on any atom is 0.315 e. The van der Waals surface area contributed by atoms with Gasteiger partial charge in [0.25, 0.3) is 5.56 Å². The quantitative estimate of drug-likeness (QED) is 0.751. The molecule has 2 amide bonds. The number of hydrogen-bond acceptors (Lipinski definition) is 4. The van der Waals surface area contributed by atoms with Gasteiger partial charge in [0.2, 0.25) is 0 Å². The number of urea groups is 1. The van der Waals surface area contributed by atoms with Gasteiger partial charge in [0.1, 0.15) is 5.76 Å². The number of carbonyl (C=O) groups is 1. The molecule has 0 spiro atoms. The molecule has 25 heavy (non-hydrogen) atoms. The molecule has 0 bridgehead atoms. The number of hydrogen-bond donors (Lipinski definition) is 2. The number of nitrogens with two attached hydrogens (primary N) is 1. The highest BCUT2D eigenvalue weighted by atomic mass is 16.3. The van der Waals surface area contributed by atoms with Crippen molar-refractivity contribution in [2.24, 2.45) is 5.73 Å². The number of carbonyl (C=O) groups excluding carboxylic acids is 1. The van der Waals surface area contributed by atoms with Crippen molar-refractivity contribution < 1.29 is 9.21 Å². The number of furan rings is 1. The highest BCUT2D eigenvalue weighted by molar-refractivity contribution is 5.72. The monoisotopic (exact) mass is 339 g/mol. The van der Waals surface area contributed by atoms with Crippen LogP contribution in [0.5, 0.6) is 0 Å². The number of amides is 2. The van der Waals surface area contributed by atoms with Gasteiger partial charge >= 0.3 is 6.03 Å². The molecule has 8 heteroatoms. The molecule has 4 rings (SSSR count). The average Bonchev–Trinajstić information content (AvgIpc) is 3.23. The highest BCUT2D eigenvalue weighted by Crippen LogP contribution is 2.28. The van der Waals surface area contributed by atoms with Crippen molar-refractivity contribution in [3.05, 3.63) is 70.2 Å². The second-order valence-corrected chi connectivity index (χ2v) is 6.03. The maximum absolute atomic E-state index is 13.0. The summed E-state index contributed by atoms with van der Waals surface area (Å²) in [6.45, 7) is 0.646. The molecule has 1 aliphatic heterocycles. The maximum atomic E-state index is 13.0. The van der Waals surface area contributed by atoms with Gasteiger partial charge in [0.05, 0.1) is 18.5 Å². The Kier molecular flexibility index (Phi) is 3.64. The molecule has 4 heterocycles. The summed E-state index contributed by atoms with van der Waals surface area (Å²) in [5.74, 6) is 1.06. The molecule has 1 aliphatic rings. The van der Waals surface area contributed by atoms with Crippen LogP contribution in [0.3, 0.4) is 0 Å². The summed E-state index contributed by atoms with van der Waals surface area (Å²) in [6.07, 6.45) is 3.73. The fourth-order valence-corrected chi connectivity index (χ4v) is 3.30. The molecule has 0 saturated carbocycles. The largest absolute Gasteiger partial charge is 0.469 e. The molecule has 128 valence electrons. The van der Waals surface area contributed by atoms with Crippen LogP contribution in [0.4, 0.5) is 4.79 Å². The van der Waals surface area contributed by atoms with Crippen LogP contribution in [0.2, 0.25) is 0 Å². The Hall–Kier alpha value is -3.29. The van der Waals surface area contributed by atoms with Gasteiger partial charge in [-0.1, -0.05) is 6.07 Å². The van der Waals surface area contributed by atoms with E-state index in [1.807, 2.05) is 12.1 Å². The van der Waals surface area contributed by atoms with Gasteiger partial charge in [-0.2, -0.15) is 0 Å². The van der Waals surface area contributed by atoms with Crippen LogP contribution in [-0.2, 0) is 13.0 Å². The van der Waals surface area contributed by atoms with Gasteiger partial charge in [0.15, 0.2) is 5.82 Å². The molecular weight excluding hydrogens is 322 g/mol. The van der Waals surface area contributed by atoms with Crippen molar-refractivity contribution in [2.75, 3.05) is 6.54 Å². The molecule has 3 N–H and O–H groups in total. The van der Waals surface area contributed by atoms with Crippen molar-refractivity contribution >= 4 is 6.03 Å². The minimum absolute atomic E-state index is 0.158. The van der Waals surface area contributed by atoms with E-state index in [2.05, 4.69) is 10.1 Å². The van der Waals surface area contributed by atoms with E-state index >= 15 is 0 Å². The first-order valence-electron chi connectivity index (χ1n) is 7.95. The number of rotatable bonds is 3. The molecule has 1 atom stereocenters. The zero-order chi connectivity index (χ0) is 17.4. The van der Waals surface area contributed by atoms with Gasteiger partial charge < -0.3 is 15.1 Å². The Balaban J connectivity index is 1.79. The topological polar surface area (TPSA) is 110 Å². The molecule has 0 aliphatic carbocycles. The third-order valence-electron chi connectivity index (χ3n) is 4.42. The van der Waals surface area contributed by atoms with Gasteiger partial charge in [-0.25, -0.2) is 14.5 Å². The number of H-pyrrole nitrogens is 1. The van der Waals surface area contributed by atoms with Crippen LogP contribution < -0.4 is 11.3 Å². The number of primary amides is 1. The van der Waals surface area contributed by atoms with Crippen LogP contribution in [0, 0.1) is 0 Å². The van der Waals surface area contributed by atoms with Gasteiger partial charge in [-0.3, -0.25) is 9.89 Å². The summed E-state index contributed by atoms with van der Waals surface area (Å²) < 4.78 is 6.82. The lowest BCUT2D eigenvalue weighted by Gasteiger charge is -2.30. The first-order valence-corrected chi connectivity index (χ1v) is 7.95. The molecule has 3 aromatic rings. The van der Waals surface area contributed by atoms with E-state index in [1.54, 1.807) is 30.7 Å². The lowest BCUT2D eigenvalue weighted by molar-refractivity contribution is 0.193. The summed E-state index contributed by atoms with van der Waals surface area (Å²) in [6, 6.07) is 8.48. The summed E-state index contributed by atoms with van der Waals surface area (Å²) >= 11 is 0. The minimum atomic E-state index is -0.512. The fraction of sp³-hybridized carbons (Fsp3) is 0.235. The third-order valence-corrected chi connectivity index (χ3v) is 4.42. The smallest absolute Gasteiger partial charge is 0.315 e. The highest BCUT2D eigenvalue weighted by Gasteiger charge is 2.33. The number of aromatic amines is 1. The number of nitrogens with zero attached hydrogens (tertiary/aromatic N) is 3. The van der Waals surface area contributed by atoms with Crippen LogP contribution in [0.25, 0.3) is 5.82 Å². The Morgan fingerprint density at radius 1 is 1.36 bits per heavy atom. The first-order chi connectivity index (χ1) is 12.1. The third kappa shape index (κ3) is 2.71. The molecule has 3 aromatic heterocycles. The Morgan fingerprint density at radius 2 is 2.24 bits per heavy atom. The fourth-order valence-electron chi connectivity index (χ4n) is 3.30. The molecule has 1 unspecified atom stereocenters. The summed E-state index contributed by atoms with van der Waals surface area (Å²) in [7, 11) is 0. The van der Waals surface area contributed by atoms with E-state index in [-0.39, 0.29) is 18.0 Å². The molecule has 0 fully saturated rings. The van der Waals surface area contributed by atoms with Crippen molar-refractivity contribution in [3.8, 4) is 5.82 Å². The van der Waals surface area contributed by atoms with Gasteiger partial charge in [-0.15, -0.1) is 0 Å². The summed E-state index contributed by atoms with van der Waals surface area (Å²) in [5.41, 5.74) is 6.64. The second kappa shape index (κ2) is 5.97.